The maximum atomic E-state index is 11.7. The van der Waals surface area contributed by atoms with E-state index in [1.54, 1.807) is 4.90 Å². The van der Waals surface area contributed by atoms with Crippen molar-refractivity contribution in [3.05, 3.63) is 63.6 Å². The number of alkyl halides is 1. The second kappa shape index (κ2) is 5.93. The van der Waals surface area contributed by atoms with E-state index < -0.39 is 0 Å². The first-order chi connectivity index (χ1) is 10.1. The van der Waals surface area contributed by atoms with E-state index in [1.165, 1.54) is 16.7 Å². The molecule has 0 fully saturated rings. The zero-order chi connectivity index (χ0) is 15.0. The molecule has 1 unspecified atom stereocenters. The van der Waals surface area contributed by atoms with Crippen molar-refractivity contribution in [1.29, 1.82) is 0 Å². The van der Waals surface area contributed by atoms with Crippen molar-refractivity contribution in [2.75, 3.05) is 11.9 Å². The molecule has 2 nitrogen and oxygen atoms in total. The Morgan fingerprint density at radius 1 is 1.10 bits per heavy atom. The van der Waals surface area contributed by atoms with Crippen molar-refractivity contribution in [2.24, 2.45) is 0 Å². The first-order valence-corrected chi connectivity index (χ1v) is 8.56. The highest BCUT2D eigenvalue weighted by molar-refractivity contribution is 9.10. The topological polar surface area (TPSA) is 20.3 Å². The summed E-state index contributed by atoms with van der Waals surface area (Å²) in [4.78, 5) is 13.7. The fourth-order valence-corrected chi connectivity index (χ4v) is 3.68. The number of fused-ring (bicyclic) bond motifs is 1. The molecular formula is C17H15Br2NO. The number of carbonyl (C=O) groups is 1. The van der Waals surface area contributed by atoms with Crippen LogP contribution in [0, 0.1) is 0 Å². The minimum atomic E-state index is 0.156. The van der Waals surface area contributed by atoms with Crippen LogP contribution in [0.3, 0.4) is 0 Å². The van der Waals surface area contributed by atoms with Crippen molar-refractivity contribution in [3.8, 4) is 0 Å². The van der Waals surface area contributed by atoms with Gasteiger partial charge in [-0.25, -0.2) is 0 Å². The molecule has 0 N–H and O–H groups in total. The molecule has 3 rings (SSSR count). The third kappa shape index (κ3) is 2.92. The zero-order valence-electron chi connectivity index (χ0n) is 11.6. The second-order valence-electron chi connectivity index (χ2n) is 5.26. The van der Waals surface area contributed by atoms with Crippen LogP contribution in [0.1, 0.15) is 27.9 Å². The SMILES string of the molecule is CN1C(=O)CCc2cc(C(Br)c3cccc(Br)c3)ccc21. The van der Waals surface area contributed by atoms with Gasteiger partial charge in [0.05, 0.1) is 4.83 Å². The van der Waals surface area contributed by atoms with Crippen LogP contribution in [0.25, 0.3) is 0 Å². The molecule has 108 valence electrons. The third-order valence-corrected chi connectivity index (χ3v) is 5.43. The second-order valence-corrected chi connectivity index (χ2v) is 7.09. The van der Waals surface area contributed by atoms with Crippen LogP contribution in [-0.2, 0) is 11.2 Å². The molecule has 0 bridgehead atoms. The summed E-state index contributed by atoms with van der Waals surface area (Å²) in [5.41, 5.74) is 4.71. The Bertz CT molecular complexity index is 699. The Balaban J connectivity index is 1.95. The third-order valence-electron chi connectivity index (χ3n) is 3.88. The van der Waals surface area contributed by atoms with Crippen LogP contribution in [0.4, 0.5) is 5.69 Å². The van der Waals surface area contributed by atoms with Crippen LogP contribution in [-0.4, -0.2) is 13.0 Å². The molecular weight excluding hydrogens is 394 g/mol. The minimum Gasteiger partial charge on any atom is -0.315 e. The van der Waals surface area contributed by atoms with Gasteiger partial charge in [-0.1, -0.05) is 56.1 Å². The first kappa shape index (κ1) is 14.8. The number of hydrogen-bond acceptors (Lipinski definition) is 1. The number of carbonyl (C=O) groups excluding carboxylic acids is 1. The van der Waals surface area contributed by atoms with Crippen LogP contribution in [0.2, 0.25) is 0 Å². The fourth-order valence-electron chi connectivity index (χ4n) is 2.69. The summed E-state index contributed by atoms with van der Waals surface area (Å²) in [6.07, 6.45) is 1.42. The van der Waals surface area contributed by atoms with E-state index in [-0.39, 0.29) is 10.7 Å². The van der Waals surface area contributed by atoms with Gasteiger partial charge in [0.25, 0.3) is 0 Å². The normalized spacial score (nSPS) is 15.8. The minimum absolute atomic E-state index is 0.156. The number of hydrogen-bond donors (Lipinski definition) is 0. The lowest BCUT2D eigenvalue weighted by Crippen LogP contribution is -2.31. The van der Waals surface area contributed by atoms with Gasteiger partial charge in [0.15, 0.2) is 0 Å². The van der Waals surface area contributed by atoms with Gasteiger partial charge in [0.2, 0.25) is 5.91 Å². The Morgan fingerprint density at radius 2 is 1.86 bits per heavy atom. The quantitative estimate of drug-likeness (QED) is 0.651. The average Bonchev–Trinajstić information content (AvgIpc) is 2.50. The van der Waals surface area contributed by atoms with Gasteiger partial charge >= 0.3 is 0 Å². The number of aryl methyl sites for hydroxylation is 1. The lowest BCUT2D eigenvalue weighted by atomic mass is 9.96. The van der Waals surface area contributed by atoms with Crippen molar-refractivity contribution in [2.45, 2.75) is 17.7 Å². The van der Waals surface area contributed by atoms with Gasteiger partial charge < -0.3 is 4.90 Å². The number of amides is 1. The number of halogens is 2. The zero-order valence-corrected chi connectivity index (χ0v) is 14.8. The summed E-state index contributed by atoms with van der Waals surface area (Å²) in [5.74, 6) is 0.192. The van der Waals surface area contributed by atoms with E-state index in [4.69, 9.17) is 0 Å². The monoisotopic (exact) mass is 407 g/mol. The lowest BCUT2D eigenvalue weighted by molar-refractivity contribution is -0.118. The lowest BCUT2D eigenvalue weighted by Gasteiger charge is -2.26. The number of rotatable bonds is 2. The molecule has 1 atom stereocenters. The molecule has 2 aromatic rings. The van der Waals surface area contributed by atoms with E-state index in [1.807, 2.05) is 25.2 Å². The fraction of sp³-hybridized carbons (Fsp3) is 0.235. The van der Waals surface area contributed by atoms with Gasteiger partial charge in [-0.2, -0.15) is 0 Å². The summed E-state index contributed by atoms with van der Waals surface area (Å²) in [5, 5.41) is 0. The molecule has 0 saturated carbocycles. The standard InChI is InChI=1S/C17H15Br2NO/c1-20-15-7-5-13(9-11(15)6-8-16(20)21)17(19)12-3-2-4-14(18)10-12/h2-5,7,9-10,17H,6,8H2,1H3. The van der Waals surface area contributed by atoms with Gasteiger partial charge in [0.1, 0.15) is 0 Å². The van der Waals surface area contributed by atoms with E-state index in [2.05, 4.69) is 56.1 Å². The van der Waals surface area contributed by atoms with Gasteiger partial charge in [-0.3, -0.25) is 4.79 Å². The summed E-state index contributed by atoms with van der Waals surface area (Å²) < 4.78 is 1.08. The number of anilines is 1. The first-order valence-electron chi connectivity index (χ1n) is 6.85. The average molecular weight is 409 g/mol. The van der Waals surface area contributed by atoms with Crippen LogP contribution in [0.15, 0.2) is 46.9 Å². The molecule has 1 amide bonds. The predicted octanol–water partition coefficient (Wildman–Crippen LogP) is 4.84. The van der Waals surface area contributed by atoms with E-state index in [0.29, 0.717) is 6.42 Å². The summed E-state index contributed by atoms with van der Waals surface area (Å²) in [7, 11) is 1.85. The van der Waals surface area contributed by atoms with Crippen molar-refractivity contribution >= 4 is 43.5 Å². The van der Waals surface area contributed by atoms with Gasteiger partial charge in [-0.15, -0.1) is 0 Å². The molecule has 0 aliphatic carbocycles. The Morgan fingerprint density at radius 3 is 2.62 bits per heavy atom. The molecule has 1 heterocycles. The van der Waals surface area contributed by atoms with Crippen LogP contribution in [0.5, 0.6) is 0 Å². The summed E-state index contributed by atoms with van der Waals surface area (Å²) in [6, 6.07) is 14.6. The summed E-state index contributed by atoms with van der Waals surface area (Å²) >= 11 is 7.29. The molecule has 21 heavy (non-hydrogen) atoms. The molecule has 0 saturated heterocycles. The van der Waals surface area contributed by atoms with Crippen LogP contribution >= 0.6 is 31.9 Å². The molecule has 2 aromatic carbocycles. The smallest absolute Gasteiger partial charge is 0.227 e. The van der Waals surface area contributed by atoms with E-state index >= 15 is 0 Å². The van der Waals surface area contributed by atoms with Crippen LogP contribution < -0.4 is 4.90 Å². The van der Waals surface area contributed by atoms with Gasteiger partial charge in [-0.05, 0) is 41.3 Å². The molecule has 0 aromatic heterocycles. The molecule has 4 heteroatoms. The highest BCUT2D eigenvalue weighted by Crippen LogP contribution is 2.36. The maximum Gasteiger partial charge on any atom is 0.227 e. The Labute approximate surface area is 141 Å². The summed E-state index contributed by atoms with van der Waals surface area (Å²) in [6.45, 7) is 0. The highest BCUT2D eigenvalue weighted by Gasteiger charge is 2.22. The maximum absolute atomic E-state index is 11.7. The molecule has 0 spiro atoms. The number of benzene rings is 2. The Hall–Kier alpha value is -1.13. The van der Waals surface area contributed by atoms with Gasteiger partial charge in [0, 0.05) is 23.6 Å². The molecule has 1 aliphatic rings. The highest BCUT2D eigenvalue weighted by atomic mass is 79.9. The molecule has 1 aliphatic heterocycles. The van der Waals surface area contributed by atoms with E-state index in [9.17, 15) is 4.79 Å². The van der Waals surface area contributed by atoms with Crippen molar-refractivity contribution in [3.63, 3.8) is 0 Å². The number of nitrogens with zero attached hydrogens (tertiary/aromatic N) is 1. The predicted molar refractivity (Wildman–Crippen MR) is 93.1 cm³/mol. The van der Waals surface area contributed by atoms with Crippen molar-refractivity contribution < 1.29 is 4.79 Å². The van der Waals surface area contributed by atoms with E-state index in [0.717, 1.165) is 16.6 Å². The Kier molecular flexibility index (Phi) is 4.18. The molecule has 0 radical (unpaired) electrons. The van der Waals surface area contributed by atoms with Crippen molar-refractivity contribution in [1.82, 2.24) is 0 Å². The largest absolute Gasteiger partial charge is 0.315 e.